The molecule has 0 aromatic heterocycles. The Morgan fingerprint density at radius 2 is 1.94 bits per heavy atom. The van der Waals surface area contributed by atoms with Crippen molar-refractivity contribution in [3.63, 3.8) is 0 Å². The molecule has 6 heteroatoms. The number of aliphatic carboxylic acids is 1. The van der Waals surface area contributed by atoms with E-state index in [1.165, 1.54) is 0 Å². The van der Waals surface area contributed by atoms with E-state index in [9.17, 15) is 4.79 Å². The monoisotopic (exact) mass is 242 g/mol. The van der Waals surface area contributed by atoms with Crippen LogP contribution in [0.4, 0.5) is 0 Å². The highest BCUT2D eigenvalue weighted by molar-refractivity contribution is 5.72. The molecule has 2 unspecified atom stereocenters. The summed E-state index contributed by atoms with van der Waals surface area (Å²) in [6.45, 7) is -0.658. The third-order valence-electron chi connectivity index (χ3n) is 2.02. The van der Waals surface area contributed by atoms with Crippen molar-refractivity contribution in [2.24, 2.45) is 0 Å². The molecular formula is C11H14O6. The van der Waals surface area contributed by atoms with Gasteiger partial charge < -0.3 is 15.3 Å². The van der Waals surface area contributed by atoms with Gasteiger partial charge >= 0.3 is 5.97 Å². The van der Waals surface area contributed by atoms with Crippen molar-refractivity contribution in [1.29, 1.82) is 0 Å². The zero-order valence-electron chi connectivity index (χ0n) is 9.02. The van der Waals surface area contributed by atoms with Crippen LogP contribution in [0.1, 0.15) is 5.56 Å². The predicted octanol–water partition coefficient (Wildman–Crippen LogP) is -0.0588. The second-order valence-corrected chi connectivity index (χ2v) is 3.35. The molecule has 0 amide bonds. The summed E-state index contributed by atoms with van der Waals surface area (Å²) in [7, 11) is 0. The van der Waals surface area contributed by atoms with Gasteiger partial charge in [0.15, 0.2) is 0 Å². The molecule has 1 aromatic carbocycles. The van der Waals surface area contributed by atoms with Crippen molar-refractivity contribution >= 4 is 5.97 Å². The van der Waals surface area contributed by atoms with Crippen LogP contribution in [0.3, 0.4) is 0 Å². The van der Waals surface area contributed by atoms with Gasteiger partial charge in [-0.1, -0.05) is 30.3 Å². The van der Waals surface area contributed by atoms with Gasteiger partial charge in [-0.25, -0.2) is 14.6 Å². The number of hydrogen-bond acceptors (Lipinski definition) is 5. The molecule has 0 aliphatic heterocycles. The minimum Gasteiger partial charge on any atom is -0.479 e. The number of aliphatic hydroxyl groups is 2. The molecule has 0 radical (unpaired) electrons. The SMILES string of the molecule is O=C(O)C(OOCc1ccccc1)C(O)CO. The third-order valence-corrected chi connectivity index (χ3v) is 2.02. The molecular weight excluding hydrogens is 228 g/mol. The minimum atomic E-state index is -1.61. The number of hydrogen-bond donors (Lipinski definition) is 3. The molecule has 1 aromatic rings. The Morgan fingerprint density at radius 3 is 2.47 bits per heavy atom. The second kappa shape index (κ2) is 6.97. The average Bonchev–Trinajstić information content (AvgIpc) is 2.34. The topological polar surface area (TPSA) is 96.2 Å². The first-order chi connectivity index (χ1) is 8.15. The highest BCUT2D eigenvalue weighted by Crippen LogP contribution is 2.05. The summed E-state index contributed by atoms with van der Waals surface area (Å²) < 4.78 is 0. The third kappa shape index (κ3) is 4.49. The van der Waals surface area contributed by atoms with Gasteiger partial charge in [-0.05, 0) is 5.56 Å². The zero-order chi connectivity index (χ0) is 12.7. The molecule has 2 atom stereocenters. The fourth-order valence-electron chi connectivity index (χ4n) is 1.12. The van der Waals surface area contributed by atoms with Gasteiger partial charge in [-0.3, -0.25) is 0 Å². The lowest BCUT2D eigenvalue weighted by Gasteiger charge is -2.16. The first-order valence-electron chi connectivity index (χ1n) is 4.99. The van der Waals surface area contributed by atoms with E-state index in [1.54, 1.807) is 24.3 Å². The minimum absolute atomic E-state index is 0.0583. The molecule has 0 spiro atoms. The van der Waals surface area contributed by atoms with Crippen molar-refractivity contribution in [3.05, 3.63) is 35.9 Å². The average molecular weight is 242 g/mol. The Morgan fingerprint density at radius 1 is 1.29 bits per heavy atom. The van der Waals surface area contributed by atoms with Crippen LogP contribution in [0.25, 0.3) is 0 Å². The van der Waals surface area contributed by atoms with E-state index < -0.39 is 24.8 Å². The smallest absolute Gasteiger partial charge is 0.339 e. The number of carbonyl (C=O) groups is 1. The van der Waals surface area contributed by atoms with E-state index in [0.717, 1.165) is 5.56 Å². The first kappa shape index (κ1) is 13.6. The molecule has 0 fully saturated rings. The van der Waals surface area contributed by atoms with Crippen LogP contribution in [-0.2, 0) is 21.2 Å². The van der Waals surface area contributed by atoms with Crippen LogP contribution < -0.4 is 0 Å². The highest BCUT2D eigenvalue weighted by atomic mass is 17.2. The summed E-state index contributed by atoms with van der Waals surface area (Å²) in [5.41, 5.74) is 0.801. The molecule has 17 heavy (non-hydrogen) atoms. The van der Waals surface area contributed by atoms with Crippen LogP contribution in [0.2, 0.25) is 0 Å². The van der Waals surface area contributed by atoms with Gasteiger partial charge in [0.25, 0.3) is 0 Å². The molecule has 0 aliphatic rings. The summed E-state index contributed by atoms with van der Waals surface area (Å²) in [6, 6.07) is 9.00. The molecule has 1 rings (SSSR count). The number of carboxylic acid groups (broad SMARTS) is 1. The molecule has 94 valence electrons. The Kier molecular flexibility index (Phi) is 5.58. The van der Waals surface area contributed by atoms with E-state index in [-0.39, 0.29) is 6.61 Å². The quantitative estimate of drug-likeness (QED) is 0.458. The van der Waals surface area contributed by atoms with Crippen LogP contribution in [-0.4, -0.2) is 40.1 Å². The van der Waals surface area contributed by atoms with Crippen LogP contribution in [0.5, 0.6) is 0 Å². The van der Waals surface area contributed by atoms with Crippen LogP contribution in [0, 0.1) is 0 Å². The van der Waals surface area contributed by atoms with Gasteiger partial charge in [0.1, 0.15) is 12.7 Å². The Bertz CT molecular complexity index is 339. The summed E-state index contributed by atoms with van der Waals surface area (Å²) >= 11 is 0. The Hall–Kier alpha value is -1.47. The Balaban J connectivity index is 2.40. The number of rotatable bonds is 7. The lowest BCUT2D eigenvalue weighted by molar-refractivity contribution is -0.341. The molecule has 0 saturated carbocycles. The van der Waals surface area contributed by atoms with Crippen molar-refractivity contribution in [1.82, 2.24) is 0 Å². The second-order valence-electron chi connectivity index (χ2n) is 3.35. The van der Waals surface area contributed by atoms with Gasteiger partial charge in [0.05, 0.1) is 6.61 Å². The zero-order valence-corrected chi connectivity index (χ0v) is 9.02. The molecule has 0 heterocycles. The van der Waals surface area contributed by atoms with Crippen LogP contribution >= 0.6 is 0 Å². The number of aliphatic hydroxyl groups excluding tert-OH is 2. The maximum absolute atomic E-state index is 10.7. The standard InChI is InChI=1S/C11H14O6/c12-6-9(13)10(11(14)15)17-16-7-8-4-2-1-3-5-8/h1-5,9-10,12-13H,6-7H2,(H,14,15). The fourth-order valence-corrected chi connectivity index (χ4v) is 1.12. The normalized spacial score (nSPS) is 14.2. The molecule has 3 N–H and O–H groups in total. The lowest BCUT2D eigenvalue weighted by atomic mass is 10.2. The van der Waals surface area contributed by atoms with Crippen molar-refractivity contribution in [3.8, 4) is 0 Å². The van der Waals surface area contributed by atoms with E-state index >= 15 is 0 Å². The summed E-state index contributed by atoms with van der Waals surface area (Å²) in [5, 5.41) is 26.5. The first-order valence-corrected chi connectivity index (χ1v) is 4.99. The van der Waals surface area contributed by atoms with Gasteiger partial charge in [-0.2, -0.15) is 0 Å². The maximum atomic E-state index is 10.7. The van der Waals surface area contributed by atoms with Crippen molar-refractivity contribution in [2.45, 2.75) is 18.8 Å². The highest BCUT2D eigenvalue weighted by Gasteiger charge is 2.28. The number of benzene rings is 1. The van der Waals surface area contributed by atoms with Gasteiger partial charge in [0.2, 0.25) is 6.10 Å². The van der Waals surface area contributed by atoms with Crippen molar-refractivity contribution < 1.29 is 29.9 Å². The van der Waals surface area contributed by atoms with E-state index in [2.05, 4.69) is 4.89 Å². The molecule has 0 saturated heterocycles. The summed E-state index contributed by atoms with van der Waals surface area (Å²) in [6.07, 6.45) is -3.13. The Labute approximate surface area is 98.0 Å². The van der Waals surface area contributed by atoms with E-state index in [0.29, 0.717) is 0 Å². The molecule has 6 nitrogen and oxygen atoms in total. The number of carboxylic acids is 1. The molecule has 0 aliphatic carbocycles. The fraction of sp³-hybridized carbons (Fsp3) is 0.364. The van der Waals surface area contributed by atoms with E-state index in [4.69, 9.17) is 20.2 Å². The van der Waals surface area contributed by atoms with Crippen LogP contribution in [0.15, 0.2) is 30.3 Å². The van der Waals surface area contributed by atoms with Crippen molar-refractivity contribution in [2.75, 3.05) is 6.61 Å². The van der Waals surface area contributed by atoms with Gasteiger partial charge in [-0.15, -0.1) is 0 Å². The van der Waals surface area contributed by atoms with E-state index in [1.807, 2.05) is 6.07 Å². The summed E-state index contributed by atoms with van der Waals surface area (Å²) in [5.74, 6) is -1.40. The maximum Gasteiger partial charge on any atom is 0.339 e. The molecule has 0 bridgehead atoms. The predicted molar refractivity (Wildman–Crippen MR) is 56.8 cm³/mol. The van der Waals surface area contributed by atoms with Gasteiger partial charge in [0, 0.05) is 0 Å². The summed E-state index contributed by atoms with van der Waals surface area (Å²) in [4.78, 5) is 19.9. The largest absolute Gasteiger partial charge is 0.479 e. The lowest BCUT2D eigenvalue weighted by Crippen LogP contribution is -2.38.